The van der Waals surface area contributed by atoms with Gasteiger partial charge in [0.2, 0.25) is 0 Å². The van der Waals surface area contributed by atoms with Crippen molar-refractivity contribution in [3.05, 3.63) is 113 Å². The van der Waals surface area contributed by atoms with Crippen LogP contribution in [0.4, 0.5) is 13.2 Å². The molecule has 1 aliphatic heterocycles. The molecule has 0 amide bonds. The number of nitrogens with one attached hydrogen (secondary N) is 1. The van der Waals surface area contributed by atoms with Gasteiger partial charge in [0.25, 0.3) is 0 Å². The van der Waals surface area contributed by atoms with Gasteiger partial charge in [-0.3, -0.25) is 0 Å². The zero-order valence-corrected chi connectivity index (χ0v) is 22.3. The highest BCUT2D eigenvalue weighted by molar-refractivity contribution is 5.82. The SMILES string of the molecule is FC(F)(F)c1ccccc1COCCCOc1ccc(C2CCNCC2OCc2ccc3ccccc3c2)cc1. The summed E-state index contributed by atoms with van der Waals surface area (Å²) in [4.78, 5) is 0. The molecule has 0 bridgehead atoms. The van der Waals surface area contributed by atoms with Gasteiger partial charge < -0.3 is 19.5 Å². The maximum atomic E-state index is 13.1. The molecule has 1 heterocycles. The van der Waals surface area contributed by atoms with E-state index in [0.717, 1.165) is 31.3 Å². The van der Waals surface area contributed by atoms with E-state index >= 15 is 0 Å². The minimum atomic E-state index is -4.38. The van der Waals surface area contributed by atoms with Gasteiger partial charge in [0.15, 0.2) is 0 Å². The molecule has 1 saturated heterocycles. The van der Waals surface area contributed by atoms with E-state index in [2.05, 4.69) is 53.8 Å². The summed E-state index contributed by atoms with van der Waals surface area (Å²) < 4.78 is 57.0. The van der Waals surface area contributed by atoms with E-state index in [9.17, 15) is 13.2 Å². The molecule has 1 aliphatic rings. The summed E-state index contributed by atoms with van der Waals surface area (Å²) in [5.74, 6) is 1.05. The number of hydrogen-bond acceptors (Lipinski definition) is 4. The summed E-state index contributed by atoms with van der Waals surface area (Å²) in [6.45, 7) is 2.99. The van der Waals surface area contributed by atoms with Crippen LogP contribution in [0.1, 0.15) is 41.0 Å². The number of ether oxygens (including phenoxy) is 3. The Labute approximate surface area is 233 Å². The van der Waals surface area contributed by atoms with E-state index < -0.39 is 11.7 Å². The molecule has 4 aromatic rings. The van der Waals surface area contributed by atoms with Gasteiger partial charge in [0.05, 0.1) is 38.1 Å². The average molecular weight is 550 g/mol. The molecule has 0 aliphatic carbocycles. The number of halogens is 3. The van der Waals surface area contributed by atoms with Crippen molar-refractivity contribution in [2.24, 2.45) is 0 Å². The molecule has 7 heteroatoms. The fourth-order valence-corrected chi connectivity index (χ4v) is 5.19. The van der Waals surface area contributed by atoms with Crippen molar-refractivity contribution in [3.8, 4) is 5.75 Å². The van der Waals surface area contributed by atoms with Gasteiger partial charge in [-0.15, -0.1) is 0 Å². The van der Waals surface area contributed by atoms with E-state index in [1.54, 1.807) is 6.07 Å². The lowest BCUT2D eigenvalue weighted by molar-refractivity contribution is -0.138. The molecule has 40 heavy (non-hydrogen) atoms. The van der Waals surface area contributed by atoms with Crippen LogP contribution >= 0.6 is 0 Å². The number of hydrogen-bond donors (Lipinski definition) is 1. The quantitative estimate of drug-likeness (QED) is 0.197. The molecule has 0 radical (unpaired) electrons. The van der Waals surface area contributed by atoms with Crippen LogP contribution in [0.15, 0.2) is 91.0 Å². The molecule has 4 nitrogen and oxygen atoms in total. The molecule has 2 atom stereocenters. The van der Waals surface area contributed by atoms with Crippen molar-refractivity contribution >= 4 is 10.8 Å². The highest BCUT2D eigenvalue weighted by Crippen LogP contribution is 2.32. The molecule has 210 valence electrons. The molecule has 4 aromatic carbocycles. The second-order valence-corrected chi connectivity index (χ2v) is 10.1. The van der Waals surface area contributed by atoms with Gasteiger partial charge in [0.1, 0.15) is 5.75 Å². The van der Waals surface area contributed by atoms with Gasteiger partial charge in [-0.05, 0) is 64.7 Å². The van der Waals surface area contributed by atoms with Crippen LogP contribution in [0.3, 0.4) is 0 Å². The Balaban J connectivity index is 1.07. The number of rotatable bonds is 11. The predicted octanol–water partition coefficient (Wildman–Crippen LogP) is 7.51. The summed E-state index contributed by atoms with van der Waals surface area (Å²) >= 11 is 0. The summed E-state index contributed by atoms with van der Waals surface area (Å²) in [5, 5.41) is 5.91. The standard InChI is InChI=1S/C33H34F3NO3/c34-33(35,36)31-9-4-3-8-28(31)23-38-18-5-19-39-29-14-12-26(13-15-29)30-16-17-37-21-32(30)40-22-24-10-11-25-6-1-2-7-27(25)20-24/h1-4,6-15,20,30,32,37H,5,16-19,21-23H2. The van der Waals surface area contributed by atoms with Crippen LogP contribution in [0.5, 0.6) is 5.75 Å². The minimum Gasteiger partial charge on any atom is -0.494 e. The molecular weight excluding hydrogens is 515 g/mol. The Hall–Kier alpha value is -3.39. The normalized spacial score (nSPS) is 17.7. The lowest BCUT2D eigenvalue weighted by Gasteiger charge is -2.32. The number of alkyl halides is 3. The molecule has 0 aromatic heterocycles. The molecule has 5 rings (SSSR count). The first-order chi connectivity index (χ1) is 19.5. The van der Waals surface area contributed by atoms with Gasteiger partial charge in [-0.1, -0.05) is 66.7 Å². The zero-order valence-electron chi connectivity index (χ0n) is 22.3. The summed E-state index contributed by atoms with van der Waals surface area (Å²) in [6.07, 6.45) is -2.73. The van der Waals surface area contributed by atoms with Crippen molar-refractivity contribution in [1.82, 2.24) is 5.32 Å². The van der Waals surface area contributed by atoms with Gasteiger partial charge in [0, 0.05) is 18.9 Å². The van der Waals surface area contributed by atoms with Crippen molar-refractivity contribution in [2.45, 2.75) is 44.3 Å². The monoisotopic (exact) mass is 549 g/mol. The van der Waals surface area contributed by atoms with Gasteiger partial charge in [-0.25, -0.2) is 0 Å². The fourth-order valence-electron chi connectivity index (χ4n) is 5.19. The van der Waals surface area contributed by atoms with Crippen LogP contribution in [-0.2, 0) is 28.9 Å². The van der Waals surface area contributed by atoms with E-state index in [1.807, 2.05) is 18.2 Å². The Kier molecular flexibility index (Phi) is 9.37. The molecular formula is C33H34F3NO3. The third kappa shape index (κ3) is 7.42. The zero-order chi connectivity index (χ0) is 27.8. The van der Waals surface area contributed by atoms with Crippen molar-refractivity contribution in [3.63, 3.8) is 0 Å². The molecule has 1 fully saturated rings. The fraction of sp³-hybridized carbons (Fsp3) is 0.333. The van der Waals surface area contributed by atoms with Gasteiger partial charge in [-0.2, -0.15) is 13.2 Å². The first-order valence-electron chi connectivity index (χ1n) is 13.7. The molecule has 1 N–H and O–H groups in total. The predicted molar refractivity (Wildman–Crippen MR) is 150 cm³/mol. The lowest BCUT2D eigenvalue weighted by Crippen LogP contribution is -2.40. The second kappa shape index (κ2) is 13.3. The highest BCUT2D eigenvalue weighted by atomic mass is 19.4. The maximum absolute atomic E-state index is 13.1. The smallest absolute Gasteiger partial charge is 0.416 e. The van der Waals surface area contributed by atoms with Gasteiger partial charge >= 0.3 is 6.18 Å². The van der Waals surface area contributed by atoms with Crippen molar-refractivity contribution in [2.75, 3.05) is 26.3 Å². The summed E-state index contributed by atoms with van der Waals surface area (Å²) in [7, 11) is 0. The minimum absolute atomic E-state index is 0.0756. The molecule has 0 saturated carbocycles. The topological polar surface area (TPSA) is 39.7 Å². The number of fused-ring (bicyclic) bond motifs is 1. The third-order valence-electron chi connectivity index (χ3n) is 7.29. The maximum Gasteiger partial charge on any atom is 0.416 e. The van der Waals surface area contributed by atoms with Crippen LogP contribution < -0.4 is 10.1 Å². The summed E-state index contributed by atoms with van der Waals surface area (Å²) in [6, 6.07) is 28.4. The van der Waals surface area contributed by atoms with Crippen LogP contribution in [0, 0.1) is 0 Å². The highest BCUT2D eigenvalue weighted by Gasteiger charge is 2.32. The Morgan fingerprint density at radius 3 is 2.40 bits per heavy atom. The first kappa shape index (κ1) is 28.1. The van der Waals surface area contributed by atoms with Crippen LogP contribution in [0.25, 0.3) is 10.8 Å². The van der Waals surface area contributed by atoms with E-state index in [0.29, 0.717) is 32.2 Å². The average Bonchev–Trinajstić information content (AvgIpc) is 2.98. The summed E-state index contributed by atoms with van der Waals surface area (Å²) in [5.41, 5.74) is 1.88. The van der Waals surface area contributed by atoms with E-state index in [4.69, 9.17) is 14.2 Å². The second-order valence-electron chi connectivity index (χ2n) is 10.1. The Morgan fingerprint density at radius 2 is 1.57 bits per heavy atom. The number of benzene rings is 4. The van der Waals surface area contributed by atoms with Crippen LogP contribution in [0.2, 0.25) is 0 Å². The van der Waals surface area contributed by atoms with Crippen LogP contribution in [-0.4, -0.2) is 32.4 Å². The Morgan fingerprint density at radius 1 is 0.800 bits per heavy atom. The third-order valence-corrected chi connectivity index (χ3v) is 7.29. The lowest BCUT2D eigenvalue weighted by atomic mass is 9.87. The molecule has 0 spiro atoms. The van der Waals surface area contributed by atoms with Crippen molar-refractivity contribution in [1.29, 1.82) is 0 Å². The Bertz CT molecular complexity index is 1370. The molecule has 2 unspecified atom stereocenters. The first-order valence-corrected chi connectivity index (χ1v) is 13.7. The largest absolute Gasteiger partial charge is 0.494 e. The van der Waals surface area contributed by atoms with E-state index in [1.165, 1.54) is 34.0 Å². The van der Waals surface area contributed by atoms with E-state index in [-0.39, 0.29) is 18.3 Å². The van der Waals surface area contributed by atoms with Crippen molar-refractivity contribution < 1.29 is 27.4 Å². The number of piperidine rings is 1.